The Kier molecular flexibility index (Phi) is 4.51. The highest BCUT2D eigenvalue weighted by molar-refractivity contribution is 5.44. The lowest BCUT2D eigenvalue weighted by atomic mass is 10.1. The summed E-state index contributed by atoms with van der Waals surface area (Å²) in [5, 5.41) is 3.50. The SMILES string of the molecule is CCCCC(C)Nc1ccc(C)cc1. The maximum absolute atomic E-state index is 3.50. The first kappa shape index (κ1) is 11.1. The summed E-state index contributed by atoms with van der Waals surface area (Å²) >= 11 is 0. The number of hydrogen-bond donors (Lipinski definition) is 1. The van der Waals surface area contributed by atoms with Gasteiger partial charge in [0.2, 0.25) is 0 Å². The molecule has 1 rings (SSSR count). The molecule has 0 aliphatic rings. The molecule has 0 aromatic heterocycles. The maximum Gasteiger partial charge on any atom is 0.0342 e. The first-order chi connectivity index (χ1) is 6.72. The number of unbranched alkanes of at least 4 members (excludes halogenated alkanes) is 1. The number of anilines is 1. The lowest BCUT2D eigenvalue weighted by Crippen LogP contribution is -2.14. The third kappa shape index (κ3) is 3.82. The first-order valence-corrected chi connectivity index (χ1v) is 5.55. The van der Waals surface area contributed by atoms with Crippen LogP contribution >= 0.6 is 0 Å². The van der Waals surface area contributed by atoms with Crippen LogP contribution in [0.3, 0.4) is 0 Å². The average molecular weight is 191 g/mol. The van der Waals surface area contributed by atoms with E-state index in [0.29, 0.717) is 6.04 Å². The van der Waals surface area contributed by atoms with Gasteiger partial charge in [-0.2, -0.15) is 0 Å². The van der Waals surface area contributed by atoms with E-state index >= 15 is 0 Å². The van der Waals surface area contributed by atoms with Crippen LogP contribution in [0, 0.1) is 6.92 Å². The quantitative estimate of drug-likeness (QED) is 0.742. The number of nitrogens with one attached hydrogen (secondary N) is 1. The van der Waals surface area contributed by atoms with Gasteiger partial charge in [-0.25, -0.2) is 0 Å². The summed E-state index contributed by atoms with van der Waals surface area (Å²) in [5.74, 6) is 0. The van der Waals surface area contributed by atoms with E-state index in [4.69, 9.17) is 0 Å². The summed E-state index contributed by atoms with van der Waals surface area (Å²) in [7, 11) is 0. The van der Waals surface area contributed by atoms with Crippen LogP contribution in [0.5, 0.6) is 0 Å². The predicted octanol–water partition coefficient (Wildman–Crippen LogP) is 3.99. The van der Waals surface area contributed by atoms with Gasteiger partial charge in [-0.15, -0.1) is 0 Å². The van der Waals surface area contributed by atoms with E-state index in [9.17, 15) is 0 Å². The minimum atomic E-state index is 0.581. The Bertz CT molecular complexity index is 250. The zero-order chi connectivity index (χ0) is 10.4. The third-order valence-electron chi connectivity index (χ3n) is 2.46. The van der Waals surface area contributed by atoms with Gasteiger partial charge >= 0.3 is 0 Å². The molecular formula is C13H21N. The molecule has 1 unspecified atom stereocenters. The third-order valence-corrected chi connectivity index (χ3v) is 2.46. The van der Waals surface area contributed by atoms with Crippen LogP contribution in [0.2, 0.25) is 0 Å². The monoisotopic (exact) mass is 191 g/mol. The Balaban J connectivity index is 2.39. The summed E-state index contributed by atoms with van der Waals surface area (Å²) < 4.78 is 0. The summed E-state index contributed by atoms with van der Waals surface area (Å²) in [6.45, 7) is 6.60. The van der Waals surface area contributed by atoms with E-state index in [1.54, 1.807) is 0 Å². The molecule has 1 nitrogen and oxygen atoms in total. The summed E-state index contributed by atoms with van der Waals surface area (Å²) in [5.41, 5.74) is 2.55. The molecule has 0 aliphatic heterocycles. The summed E-state index contributed by atoms with van der Waals surface area (Å²) in [6.07, 6.45) is 3.84. The van der Waals surface area contributed by atoms with Crippen molar-refractivity contribution in [1.29, 1.82) is 0 Å². The predicted molar refractivity (Wildman–Crippen MR) is 63.8 cm³/mol. The van der Waals surface area contributed by atoms with Crippen molar-refractivity contribution in [3.8, 4) is 0 Å². The van der Waals surface area contributed by atoms with Gasteiger partial charge in [0.05, 0.1) is 0 Å². The van der Waals surface area contributed by atoms with Gasteiger partial charge in [0, 0.05) is 11.7 Å². The molecule has 0 aliphatic carbocycles. The van der Waals surface area contributed by atoms with E-state index in [1.807, 2.05) is 0 Å². The molecular weight excluding hydrogens is 170 g/mol. The van der Waals surface area contributed by atoms with Crippen molar-refractivity contribution >= 4 is 5.69 Å². The molecule has 1 aromatic rings. The number of hydrogen-bond acceptors (Lipinski definition) is 1. The van der Waals surface area contributed by atoms with E-state index in [-0.39, 0.29) is 0 Å². The Labute approximate surface area is 87.5 Å². The van der Waals surface area contributed by atoms with Crippen LogP contribution in [0.1, 0.15) is 38.7 Å². The highest BCUT2D eigenvalue weighted by Crippen LogP contribution is 2.12. The average Bonchev–Trinajstić information content (AvgIpc) is 2.18. The van der Waals surface area contributed by atoms with Crippen molar-refractivity contribution in [2.75, 3.05) is 5.32 Å². The van der Waals surface area contributed by atoms with Crippen molar-refractivity contribution in [3.05, 3.63) is 29.8 Å². The molecule has 0 amide bonds. The largest absolute Gasteiger partial charge is 0.383 e. The van der Waals surface area contributed by atoms with Gasteiger partial charge in [0.15, 0.2) is 0 Å². The minimum Gasteiger partial charge on any atom is -0.383 e. The van der Waals surface area contributed by atoms with Crippen LogP contribution in [0.4, 0.5) is 5.69 Å². The fourth-order valence-corrected chi connectivity index (χ4v) is 1.52. The van der Waals surface area contributed by atoms with Gasteiger partial charge in [0.1, 0.15) is 0 Å². The smallest absolute Gasteiger partial charge is 0.0342 e. The fraction of sp³-hybridized carbons (Fsp3) is 0.538. The Hall–Kier alpha value is -0.980. The number of aryl methyl sites for hydroxylation is 1. The normalized spacial score (nSPS) is 12.5. The standard InChI is InChI=1S/C13H21N/c1-4-5-6-12(3)14-13-9-7-11(2)8-10-13/h7-10,12,14H,4-6H2,1-3H3. The van der Waals surface area contributed by atoms with E-state index in [2.05, 4.69) is 50.4 Å². The molecule has 0 bridgehead atoms. The molecule has 0 radical (unpaired) electrons. The van der Waals surface area contributed by atoms with Gasteiger partial charge < -0.3 is 5.32 Å². The van der Waals surface area contributed by atoms with Crippen LogP contribution in [0.25, 0.3) is 0 Å². The molecule has 1 heteroatoms. The lowest BCUT2D eigenvalue weighted by Gasteiger charge is -2.14. The highest BCUT2D eigenvalue weighted by Gasteiger charge is 2.00. The Morgan fingerprint density at radius 1 is 1.21 bits per heavy atom. The maximum atomic E-state index is 3.50. The molecule has 14 heavy (non-hydrogen) atoms. The second-order valence-electron chi connectivity index (χ2n) is 4.05. The van der Waals surface area contributed by atoms with Gasteiger partial charge in [-0.1, -0.05) is 37.5 Å². The van der Waals surface area contributed by atoms with E-state index < -0.39 is 0 Å². The minimum absolute atomic E-state index is 0.581. The highest BCUT2D eigenvalue weighted by atomic mass is 14.9. The van der Waals surface area contributed by atoms with Crippen LogP contribution in [-0.2, 0) is 0 Å². The molecule has 0 saturated carbocycles. The molecule has 0 fully saturated rings. The lowest BCUT2D eigenvalue weighted by molar-refractivity contribution is 0.645. The Morgan fingerprint density at radius 3 is 2.43 bits per heavy atom. The van der Waals surface area contributed by atoms with Crippen molar-refractivity contribution in [1.82, 2.24) is 0 Å². The van der Waals surface area contributed by atoms with Crippen LogP contribution < -0.4 is 5.32 Å². The molecule has 1 N–H and O–H groups in total. The molecule has 1 aromatic carbocycles. The molecule has 0 spiro atoms. The molecule has 1 atom stereocenters. The van der Waals surface area contributed by atoms with Crippen LogP contribution in [0.15, 0.2) is 24.3 Å². The summed E-state index contributed by atoms with van der Waals surface area (Å²) in [6, 6.07) is 9.18. The molecule has 0 saturated heterocycles. The number of rotatable bonds is 5. The molecule has 0 heterocycles. The van der Waals surface area contributed by atoms with Crippen molar-refractivity contribution in [3.63, 3.8) is 0 Å². The van der Waals surface area contributed by atoms with Crippen LogP contribution in [-0.4, -0.2) is 6.04 Å². The topological polar surface area (TPSA) is 12.0 Å². The van der Waals surface area contributed by atoms with Gasteiger partial charge in [0.25, 0.3) is 0 Å². The van der Waals surface area contributed by atoms with E-state index in [1.165, 1.54) is 30.5 Å². The van der Waals surface area contributed by atoms with Crippen molar-refractivity contribution < 1.29 is 0 Å². The van der Waals surface area contributed by atoms with E-state index in [0.717, 1.165) is 0 Å². The zero-order valence-electron chi connectivity index (χ0n) is 9.51. The van der Waals surface area contributed by atoms with Gasteiger partial charge in [-0.05, 0) is 32.4 Å². The second kappa shape index (κ2) is 5.69. The van der Waals surface area contributed by atoms with Crippen molar-refractivity contribution in [2.24, 2.45) is 0 Å². The summed E-state index contributed by atoms with van der Waals surface area (Å²) in [4.78, 5) is 0. The zero-order valence-corrected chi connectivity index (χ0v) is 9.51. The van der Waals surface area contributed by atoms with Crippen molar-refractivity contribution in [2.45, 2.75) is 46.1 Å². The fourth-order valence-electron chi connectivity index (χ4n) is 1.52. The number of benzene rings is 1. The molecule has 78 valence electrons. The Morgan fingerprint density at radius 2 is 1.86 bits per heavy atom. The first-order valence-electron chi connectivity index (χ1n) is 5.55. The van der Waals surface area contributed by atoms with Gasteiger partial charge in [-0.3, -0.25) is 0 Å². The second-order valence-corrected chi connectivity index (χ2v) is 4.05.